The van der Waals surface area contributed by atoms with Crippen molar-refractivity contribution in [2.45, 2.75) is 4.90 Å². The predicted molar refractivity (Wildman–Crippen MR) is 82.3 cm³/mol. The molecule has 0 saturated heterocycles. The fraction of sp³-hybridized carbons (Fsp3) is 0. The van der Waals surface area contributed by atoms with Crippen LogP contribution in [0, 0.1) is 11.3 Å². The van der Waals surface area contributed by atoms with Crippen molar-refractivity contribution in [2.75, 3.05) is 4.72 Å². The highest BCUT2D eigenvalue weighted by Crippen LogP contribution is 2.21. The van der Waals surface area contributed by atoms with Crippen LogP contribution in [-0.4, -0.2) is 30.6 Å². The number of rotatable bonds is 5. The minimum Gasteiger partial charge on any atom is -0.478 e. The van der Waals surface area contributed by atoms with Crippen LogP contribution in [0.4, 0.5) is 5.69 Å². The van der Waals surface area contributed by atoms with E-state index in [4.69, 9.17) is 15.5 Å². The summed E-state index contributed by atoms with van der Waals surface area (Å²) < 4.78 is 26.9. The lowest BCUT2D eigenvalue weighted by Gasteiger charge is -2.11. The van der Waals surface area contributed by atoms with Crippen molar-refractivity contribution in [2.24, 2.45) is 0 Å². The zero-order valence-electron chi connectivity index (χ0n) is 11.9. The van der Waals surface area contributed by atoms with Gasteiger partial charge in [0, 0.05) is 0 Å². The number of benzene rings is 2. The average Bonchev–Trinajstić information content (AvgIpc) is 2.53. The molecule has 3 N–H and O–H groups in total. The summed E-state index contributed by atoms with van der Waals surface area (Å²) in [6.07, 6.45) is 0. The van der Waals surface area contributed by atoms with Crippen LogP contribution in [0.25, 0.3) is 0 Å². The first-order valence-corrected chi connectivity index (χ1v) is 7.86. The highest BCUT2D eigenvalue weighted by Gasteiger charge is 2.20. The second-order valence-corrected chi connectivity index (χ2v) is 6.27. The summed E-state index contributed by atoms with van der Waals surface area (Å²) >= 11 is 0. The number of aromatic carboxylic acids is 2. The Morgan fingerprint density at radius 2 is 1.54 bits per heavy atom. The minimum absolute atomic E-state index is 0.0992. The highest BCUT2D eigenvalue weighted by molar-refractivity contribution is 7.92. The molecule has 0 saturated carbocycles. The molecule has 0 atom stereocenters. The summed E-state index contributed by atoms with van der Waals surface area (Å²) in [4.78, 5) is 21.8. The zero-order chi connectivity index (χ0) is 17.9. The number of carboxylic acids is 2. The lowest BCUT2D eigenvalue weighted by Crippen LogP contribution is -2.15. The zero-order valence-corrected chi connectivity index (χ0v) is 12.7. The molecule has 2 aromatic carbocycles. The molecule has 0 amide bonds. The molecular weight excluding hydrogens is 336 g/mol. The van der Waals surface area contributed by atoms with Gasteiger partial charge >= 0.3 is 11.9 Å². The fourth-order valence-electron chi connectivity index (χ4n) is 1.94. The van der Waals surface area contributed by atoms with Crippen molar-refractivity contribution >= 4 is 27.6 Å². The molecule has 0 aliphatic heterocycles. The van der Waals surface area contributed by atoms with Crippen molar-refractivity contribution in [1.29, 1.82) is 5.26 Å². The van der Waals surface area contributed by atoms with E-state index in [0.29, 0.717) is 0 Å². The number of nitriles is 1. The Morgan fingerprint density at radius 1 is 1.00 bits per heavy atom. The molecule has 0 heterocycles. The SMILES string of the molecule is N#Cc1ccccc1S(=O)(=O)Nc1cc(C(=O)O)cc(C(=O)O)c1. The third-order valence-corrected chi connectivity index (χ3v) is 4.42. The van der Waals surface area contributed by atoms with E-state index < -0.39 is 22.0 Å². The summed E-state index contributed by atoms with van der Waals surface area (Å²) in [6, 6.07) is 10.1. The maximum atomic E-state index is 12.4. The van der Waals surface area contributed by atoms with E-state index in [1.807, 2.05) is 0 Å². The third-order valence-electron chi connectivity index (χ3n) is 2.98. The molecule has 0 aliphatic rings. The van der Waals surface area contributed by atoms with Crippen molar-refractivity contribution in [3.63, 3.8) is 0 Å². The third kappa shape index (κ3) is 3.50. The van der Waals surface area contributed by atoms with Crippen molar-refractivity contribution in [1.82, 2.24) is 0 Å². The molecule has 0 fully saturated rings. The van der Waals surface area contributed by atoms with Crippen LogP contribution >= 0.6 is 0 Å². The minimum atomic E-state index is -4.20. The standard InChI is InChI=1S/C15H10N2O6S/c16-8-9-3-1-2-4-13(9)24(22,23)17-12-6-10(14(18)19)5-11(7-12)15(20)21/h1-7,17H,(H,18,19)(H,20,21). The Labute approximate surface area is 136 Å². The summed E-state index contributed by atoms with van der Waals surface area (Å²) in [5.41, 5.74) is -1.11. The maximum Gasteiger partial charge on any atom is 0.335 e. The van der Waals surface area contributed by atoms with E-state index in [-0.39, 0.29) is 27.3 Å². The molecular formula is C15H10N2O6S. The number of hydrogen-bond donors (Lipinski definition) is 3. The Balaban J connectivity index is 2.52. The van der Waals surface area contributed by atoms with Crippen LogP contribution in [0.5, 0.6) is 0 Å². The van der Waals surface area contributed by atoms with E-state index in [1.165, 1.54) is 24.3 Å². The summed E-state index contributed by atoms with van der Waals surface area (Å²) in [5.74, 6) is -2.81. The van der Waals surface area contributed by atoms with Gasteiger partial charge in [0.2, 0.25) is 0 Å². The Morgan fingerprint density at radius 3 is 2.04 bits per heavy atom. The maximum absolute atomic E-state index is 12.4. The largest absolute Gasteiger partial charge is 0.478 e. The summed E-state index contributed by atoms with van der Waals surface area (Å²) in [5, 5.41) is 27.0. The van der Waals surface area contributed by atoms with E-state index in [2.05, 4.69) is 4.72 Å². The van der Waals surface area contributed by atoms with Gasteiger partial charge in [-0.15, -0.1) is 0 Å². The second kappa shape index (κ2) is 6.39. The van der Waals surface area contributed by atoms with Gasteiger partial charge in [-0.1, -0.05) is 12.1 Å². The first-order valence-electron chi connectivity index (χ1n) is 6.38. The van der Waals surface area contributed by atoms with Gasteiger partial charge in [-0.25, -0.2) is 18.0 Å². The van der Waals surface area contributed by atoms with Crippen molar-refractivity contribution in [3.05, 3.63) is 59.2 Å². The summed E-state index contributed by atoms with van der Waals surface area (Å²) in [6.45, 7) is 0. The Hall–Kier alpha value is -3.38. The van der Waals surface area contributed by atoms with Gasteiger partial charge < -0.3 is 10.2 Å². The van der Waals surface area contributed by atoms with Gasteiger partial charge in [-0.2, -0.15) is 5.26 Å². The monoisotopic (exact) mass is 346 g/mol. The average molecular weight is 346 g/mol. The molecule has 0 bridgehead atoms. The predicted octanol–water partition coefficient (Wildman–Crippen LogP) is 1.76. The van der Waals surface area contributed by atoms with Gasteiger partial charge in [0.15, 0.2) is 0 Å². The quantitative estimate of drug-likeness (QED) is 0.748. The smallest absolute Gasteiger partial charge is 0.335 e. The van der Waals surface area contributed by atoms with Crippen LogP contribution in [-0.2, 0) is 10.0 Å². The Bertz CT molecular complexity index is 943. The fourth-order valence-corrected chi connectivity index (χ4v) is 3.14. The lowest BCUT2D eigenvalue weighted by atomic mass is 10.1. The molecule has 0 spiro atoms. The number of nitrogens with zero attached hydrogens (tertiary/aromatic N) is 1. The number of carboxylic acid groups (broad SMARTS) is 2. The highest BCUT2D eigenvalue weighted by atomic mass is 32.2. The van der Waals surface area contributed by atoms with E-state index in [1.54, 1.807) is 6.07 Å². The number of sulfonamides is 1. The van der Waals surface area contributed by atoms with E-state index in [0.717, 1.165) is 18.2 Å². The van der Waals surface area contributed by atoms with Gasteiger partial charge in [-0.05, 0) is 30.3 Å². The molecule has 2 rings (SSSR count). The number of anilines is 1. The van der Waals surface area contributed by atoms with Gasteiger partial charge in [0.25, 0.3) is 10.0 Å². The topological polar surface area (TPSA) is 145 Å². The number of nitrogens with one attached hydrogen (secondary N) is 1. The molecule has 122 valence electrons. The molecule has 0 unspecified atom stereocenters. The first-order chi connectivity index (χ1) is 11.2. The van der Waals surface area contributed by atoms with E-state index in [9.17, 15) is 18.0 Å². The Kier molecular flexibility index (Phi) is 4.52. The van der Waals surface area contributed by atoms with Gasteiger partial charge in [0.05, 0.1) is 22.4 Å². The molecule has 24 heavy (non-hydrogen) atoms. The first kappa shape index (κ1) is 17.0. The van der Waals surface area contributed by atoms with Crippen LogP contribution in [0.1, 0.15) is 26.3 Å². The number of carbonyl (C=O) groups is 2. The van der Waals surface area contributed by atoms with Crippen LogP contribution in [0.3, 0.4) is 0 Å². The molecule has 8 nitrogen and oxygen atoms in total. The van der Waals surface area contributed by atoms with E-state index >= 15 is 0 Å². The lowest BCUT2D eigenvalue weighted by molar-refractivity contribution is 0.0696. The molecule has 0 aliphatic carbocycles. The van der Waals surface area contributed by atoms with Crippen LogP contribution < -0.4 is 4.72 Å². The van der Waals surface area contributed by atoms with Crippen molar-refractivity contribution < 1.29 is 28.2 Å². The van der Waals surface area contributed by atoms with Crippen molar-refractivity contribution in [3.8, 4) is 6.07 Å². The van der Waals surface area contributed by atoms with Crippen LogP contribution in [0.2, 0.25) is 0 Å². The summed E-state index contributed by atoms with van der Waals surface area (Å²) in [7, 11) is -4.20. The number of hydrogen-bond acceptors (Lipinski definition) is 5. The van der Waals surface area contributed by atoms with Gasteiger partial charge in [0.1, 0.15) is 11.0 Å². The normalized spacial score (nSPS) is 10.6. The van der Waals surface area contributed by atoms with Crippen LogP contribution in [0.15, 0.2) is 47.4 Å². The molecule has 0 radical (unpaired) electrons. The molecule has 9 heteroatoms. The molecule has 0 aromatic heterocycles. The molecule has 2 aromatic rings. The second-order valence-electron chi connectivity index (χ2n) is 4.62. The van der Waals surface area contributed by atoms with Gasteiger partial charge in [-0.3, -0.25) is 4.72 Å².